The third-order valence-corrected chi connectivity index (χ3v) is 6.12. The van der Waals surface area contributed by atoms with Crippen molar-refractivity contribution in [3.8, 4) is 5.75 Å². The number of aliphatic hydroxyl groups excluding tert-OH is 1. The zero-order chi connectivity index (χ0) is 18.7. The van der Waals surface area contributed by atoms with Crippen LogP contribution in [0.25, 0.3) is 0 Å². The summed E-state index contributed by atoms with van der Waals surface area (Å²) >= 11 is 0. The first-order valence-electron chi connectivity index (χ1n) is 9.88. The Hall–Kier alpha value is -1.95. The molecule has 27 heavy (non-hydrogen) atoms. The van der Waals surface area contributed by atoms with E-state index in [9.17, 15) is 5.11 Å². The molecule has 0 spiro atoms. The zero-order valence-corrected chi connectivity index (χ0v) is 15.6. The fourth-order valence-electron chi connectivity index (χ4n) is 4.86. The summed E-state index contributed by atoms with van der Waals surface area (Å²) in [4.78, 5) is 6.72. The number of aromatic nitrogens is 1. The zero-order valence-electron chi connectivity index (χ0n) is 15.6. The van der Waals surface area contributed by atoms with Crippen LogP contribution in [0.15, 0.2) is 48.8 Å². The molecule has 2 atom stereocenters. The van der Waals surface area contributed by atoms with Crippen molar-refractivity contribution in [2.24, 2.45) is 11.8 Å². The van der Waals surface area contributed by atoms with Gasteiger partial charge in [-0.15, -0.1) is 0 Å². The molecule has 1 aromatic carbocycles. The summed E-state index contributed by atoms with van der Waals surface area (Å²) in [6, 6.07) is 12.0. The van der Waals surface area contributed by atoms with Gasteiger partial charge in [-0.25, -0.2) is 0 Å². The van der Waals surface area contributed by atoms with Crippen LogP contribution in [-0.2, 0) is 12.1 Å². The van der Waals surface area contributed by atoms with Gasteiger partial charge in [0.2, 0.25) is 0 Å². The molecule has 0 unspecified atom stereocenters. The van der Waals surface area contributed by atoms with Gasteiger partial charge >= 0.3 is 0 Å². The molecule has 1 aliphatic carbocycles. The van der Waals surface area contributed by atoms with E-state index in [2.05, 4.69) is 22.0 Å². The molecule has 144 valence electrons. The van der Waals surface area contributed by atoms with Crippen LogP contribution < -0.4 is 4.74 Å². The highest BCUT2D eigenvalue weighted by molar-refractivity contribution is 5.28. The first kappa shape index (κ1) is 18.4. The molecule has 2 aliphatic rings. The second-order valence-electron chi connectivity index (χ2n) is 7.80. The predicted octanol–water partition coefficient (Wildman–Crippen LogP) is 2.57. The molecular weight excluding hydrogens is 340 g/mol. The van der Waals surface area contributed by atoms with Crippen LogP contribution in [0, 0.1) is 11.8 Å². The van der Waals surface area contributed by atoms with Crippen LogP contribution in [0.4, 0.5) is 0 Å². The number of pyridine rings is 1. The van der Waals surface area contributed by atoms with Gasteiger partial charge < -0.3 is 14.9 Å². The molecule has 2 fully saturated rings. The van der Waals surface area contributed by atoms with E-state index in [1.54, 1.807) is 6.20 Å². The fraction of sp³-hybridized carbons (Fsp3) is 0.500. The maximum atomic E-state index is 11.6. The number of piperidine rings is 1. The lowest BCUT2D eigenvalue weighted by atomic mass is 9.63. The number of hydrogen-bond donors (Lipinski definition) is 2. The van der Waals surface area contributed by atoms with Crippen LogP contribution in [0.5, 0.6) is 5.75 Å². The molecule has 2 aromatic rings. The topological polar surface area (TPSA) is 65.8 Å². The Morgan fingerprint density at radius 2 is 1.85 bits per heavy atom. The van der Waals surface area contributed by atoms with Gasteiger partial charge in [-0.1, -0.05) is 24.6 Å². The molecule has 2 heterocycles. The van der Waals surface area contributed by atoms with E-state index in [0.29, 0.717) is 6.61 Å². The highest BCUT2D eigenvalue weighted by Crippen LogP contribution is 2.49. The molecule has 0 radical (unpaired) electrons. The lowest BCUT2D eigenvalue weighted by Gasteiger charge is -2.53. The summed E-state index contributed by atoms with van der Waals surface area (Å²) in [6.45, 7) is 3.05. The lowest BCUT2D eigenvalue weighted by molar-refractivity contribution is -0.148. The highest BCUT2D eigenvalue weighted by atomic mass is 16.5. The van der Waals surface area contributed by atoms with Gasteiger partial charge in [-0.3, -0.25) is 9.88 Å². The summed E-state index contributed by atoms with van der Waals surface area (Å²) in [7, 11) is 0. The Morgan fingerprint density at radius 1 is 1.11 bits per heavy atom. The van der Waals surface area contributed by atoms with Crippen LogP contribution in [0.1, 0.15) is 30.4 Å². The Balaban J connectivity index is 1.46. The molecule has 1 aliphatic heterocycles. The fourth-order valence-corrected chi connectivity index (χ4v) is 4.86. The van der Waals surface area contributed by atoms with Crippen molar-refractivity contribution in [2.45, 2.75) is 31.4 Å². The van der Waals surface area contributed by atoms with Crippen molar-refractivity contribution < 1.29 is 14.9 Å². The minimum atomic E-state index is -0.745. The third kappa shape index (κ3) is 3.72. The van der Waals surface area contributed by atoms with Crippen LogP contribution in [-0.4, -0.2) is 46.4 Å². The third-order valence-electron chi connectivity index (χ3n) is 6.12. The van der Waals surface area contributed by atoms with Crippen LogP contribution in [0.3, 0.4) is 0 Å². The number of ether oxygens (including phenoxy) is 1. The minimum Gasteiger partial charge on any atom is -0.491 e. The number of hydrogen-bond acceptors (Lipinski definition) is 5. The van der Waals surface area contributed by atoms with Gasteiger partial charge in [0.1, 0.15) is 12.4 Å². The number of likely N-dealkylation sites (tertiary alicyclic amines) is 1. The number of nitrogens with zero attached hydrogens (tertiary/aromatic N) is 2. The van der Waals surface area contributed by atoms with E-state index in [1.165, 1.54) is 12.0 Å². The van der Waals surface area contributed by atoms with Gasteiger partial charge in [0.25, 0.3) is 0 Å². The minimum absolute atomic E-state index is 0.0259. The van der Waals surface area contributed by atoms with Gasteiger partial charge in [-0.05, 0) is 36.6 Å². The molecule has 4 rings (SSSR count). The quantitative estimate of drug-likeness (QED) is 0.820. The molecule has 0 amide bonds. The number of fused-ring (bicyclic) bond motifs is 2. The first-order valence-corrected chi connectivity index (χ1v) is 9.88. The smallest absolute Gasteiger partial charge is 0.119 e. The van der Waals surface area contributed by atoms with Crippen molar-refractivity contribution in [3.05, 3.63) is 59.9 Å². The van der Waals surface area contributed by atoms with Crippen molar-refractivity contribution >= 4 is 0 Å². The van der Waals surface area contributed by atoms with Crippen LogP contribution >= 0.6 is 0 Å². The van der Waals surface area contributed by atoms with Crippen molar-refractivity contribution in [1.29, 1.82) is 0 Å². The summed E-state index contributed by atoms with van der Waals surface area (Å²) in [5, 5.41) is 20.5. The standard InChI is InChI=1S/C22H28N2O3/c25-11-12-27-21-8-6-17(7-9-21)14-24-15-19-3-1-4-20(16-24)22(19,26)18-5-2-10-23-13-18/h2,5-10,13,19-20,25-26H,1,3-4,11-12,14-16H2/t19-,20-/m0/s1. The Bertz CT molecular complexity index is 721. The average Bonchev–Trinajstić information content (AvgIpc) is 2.69. The highest BCUT2D eigenvalue weighted by Gasteiger charge is 2.51. The number of benzene rings is 1. The first-order chi connectivity index (χ1) is 13.2. The Morgan fingerprint density at radius 3 is 2.48 bits per heavy atom. The SMILES string of the molecule is OCCOc1ccc(CN2C[C@@H]3CCC[C@@H](C2)C3(O)c2cccnc2)cc1. The van der Waals surface area contributed by atoms with Gasteiger partial charge in [0.15, 0.2) is 0 Å². The summed E-state index contributed by atoms with van der Waals surface area (Å²) in [6.07, 6.45) is 6.93. The number of aliphatic hydroxyl groups is 2. The monoisotopic (exact) mass is 368 g/mol. The van der Waals surface area contributed by atoms with E-state index >= 15 is 0 Å². The molecule has 5 nitrogen and oxygen atoms in total. The molecule has 1 aromatic heterocycles. The maximum absolute atomic E-state index is 11.6. The lowest BCUT2D eigenvalue weighted by Crippen LogP contribution is -2.57. The van der Waals surface area contributed by atoms with Crippen LogP contribution in [0.2, 0.25) is 0 Å². The Kier molecular flexibility index (Phi) is 5.43. The van der Waals surface area contributed by atoms with Crippen molar-refractivity contribution in [3.63, 3.8) is 0 Å². The Labute approximate surface area is 160 Å². The van der Waals surface area contributed by atoms with Gasteiger partial charge in [-0.2, -0.15) is 0 Å². The average molecular weight is 368 g/mol. The van der Waals surface area contributed by atoms with E-state index in [0.717, 1.165) is 43.8 Å². The molecule has 2 bridgehead atoms. The van der Waals surface area contributed by atoms with E-state index in [4.69, 9.17) is 9.84 Å². The summed E-state index contributed by atoms with van der Waals surface area (Å²) in [5.74, 6) is 1.29. The second-order valence-corrected chi connectivity index (χ2v) is 7.80. The normalized spacial score (nSPS) is 28.1. The molecule has 5 heteroatoms. The van der Waals surface area contributed by atoms with Gasteiger partial charge in [0, 0.05) is 49.4 Å². The molecule has 2 N–H and O–H groups in total. The van der Waals surface area contributed by atoms with Crippen molar-refractivity contribution in [1.82, 2.24) is 9.88 Å². The van der Waals surface area contributed by atoms with E-state index in [-0.39, 0.29) is 18.4 Å². The largest absolute Gasteiger partial charge is 0.491 e. The summed E-state index contributed by atoms with van der Waals surface area (Å²) in [5.41, 5.74) is 1.48. The van der Waals surface area contributed by atoms with Crippen molar-refractivity contribution in [2.75, 3.05) is 26.3 Å². The molecule has 1 saturated heterocycles. The number of rotatable bonds is 6. The molecule has 1 saturated carbocycles. The van der Waals surface area contributed by atoms with E-state index in [1.807, 2.05) is 30.5 Å². The molecular formula is C22H28N2O3. The van der Waals surface area contributed by atoms with Gasteiger partial charge in [0.05, 0.1) is 12.2 Å². The van der Waals surface area contributed by atoms with E-state index < -0.39 is 5.60 Å². The predicted molar refractivity (Wildman–Crippen MR) is 103 cm³/mol. The summed E-state index contributed by atoms with van der Waals surface area (Å²) < 4.78 is 5.43. The second kappa shape index (κ2) is 7.97. The maximum Gasteiger partial charge on any atom is 0.119 e.